The lowest BCUT2D eigenvalue weighted by Gasteiger charge is -2.32. The van der Waals surface area contributed by atoms with E-state index < -0.39 is 0 Å². The third-order valence-electron chi connectivity index (χ3n) is 4.43. The van der Waals surface area contributed by atoms with Crippen molar-refractivity contribution in [3.63, 3.8) is 0 Å². The molecule has 0 aromatic carbocycles. The molecule has 2 aliphatic rings. The Kier molecular flexibility index (Phi) is 4.29. The van der Waals surface area contributed by atoms with Gasteiger partial charge in [0.1, 0.15) is 6.10 Å². The van der Waals surface area contributed by atoms with Gasteiger partial charge in [-0.05, 0) is 32.9 Å². The van der Waals surface area contributed by atoms with E-state index in [0.29, 0.717) is 6.04 Å². The Bertz CT molecular complexity index is 465. The Morgan fingerprint density at radius 3 is 3.20 bits per heavy atom. The van der Waals surface area contributed by atoms with Crippen molar-refractivity contribution >= 4 is 0 Å². The van der Waals surface area contributed by atoms with Gasteiger partial charge in [-0.3, -0.25) is 4.90 Å². The number of hydrogen-bond acceptors (Lipinski definition) is 5. The number of fused-ring (bicyclic) bond motifs is 1. The third-order valence-corrected chi connectivity index (χ3v) is 4.43. The fraction of sp³-hybridized carbons (Fsp3) is 0.733. The zero-order valence-corrected chi connectivity index (χ0v) is 12.4. The second kappa shape index (κ2) is 6.16. The van der Waals surface area contributed by atoms with E-state index in [0.717, 1.165) is 38.5 Å². The molecule has 0 bridgehead atoms. The molecule has 5 nitrogen and oxygen atoms in total. The molecule has 2 heterocycles. The lowest BCUT2D eigenvalue weighted by atomic mass is 9.92. The Balaban J connectivity index is 1.81. The van der Waals surface area contributed by atoms with Crippen molar-refractivity contribution in [3.8, 4) is 0 Å². The second-order valence-corrected chi connectivity index (χ2v) is 5.62. The Hall–Kier alpha value is -1.04. The molecule has 1 saturated heterocycles. The maximum atomic E-state index is 5.86. The van der Waals surface area contributed by atoms with E-state index in [1.807, 2.05) is 13.2 Å². The maximum absolute atomic E-state index is 5.86. The maximum Gasteiger partial charge on any atom is 0.158 e. The molecule has 2 atom stereocenters. The summed E-state index contributed by atoms with van der Waals surface area (Å²) < 4.78 is 5.86. The highest BCUT2D eigenvalue weighted by atomic mass is 16.5. The average molecular weight is 276 g/mol. The van der Waals surface area contributed by atoms with Gasteiger partial charge in [-0.2, -0.15) is 0 Å². The molecule has 1 aromatic heterocycles. The van der Waals surface area contributed by atoms with Crippen LogP contribution in [0.3, 0.4) is 0 Å². The van der Waals surface area contributed by atoms with Crippen molar-refractivity contribution in [2.45, 2.75) is 38.3 Å². The third kappa shape index (κ3) is 2.71. The van der Waals surface area contributed by atoms with Crippen LogP contribution in [0.1, 0.15) is 49.0 Å². The quantitative estimate of drug-likeness (QED) is 0.906. The van der Waals surface area contributed by atoms with E-state index in [9.17, 15) is 0 Å². The predicted molar refractivity (Wildman–Crippen MR) is 77.6 cm³/mol. The van der Waals surface area contributed by atoms with Crippen LogP contribution in [0.4, 0.5) is 0 Å². The number of aryl methyl sites for hydroxylation is 1. The van der Waals surface area contributed by atoms with Crippen LogP contribution in [0.5, 0.6) is 0 Å². The number of ether oxygens (including phenoxy) is 1. The highest BCUT2D eigenvalue weighted by Gasteiger charge is 2.26. The number of likely N-dealkylation sites (N-methyl/N-ethyl adjacent to an activating group) is 1. The molecule has 1 fully saturated rings. The summed E-state index contributed by atoms with van der Waals surface area (Å²) in [5.74, 6) is 0.860. The number of rotatable bonds is 3. The number of nitrogens with zero attached hydrogens (tertiary/aromatic N) is 3. The average Bonchev–Trinajstić information content (AvgIpc) is 2.53. The zero-order chi connectivity index (χ0) is 13.9. The van der Waals surface area contributed by atoms with Crippen LogP contribution in [0.15, 0.2) is 6.20 Å². The smallest absolute Gasteiger partial charge is 0.158 e. The number of aromatic nitrogens is 2. The highest BCUT2D eigenvalue weighted by molar-refractivity contribution is 5.25. The molecule has 20 heavy (non-hydrogen) atoms. The van der Waals surface area contributed by atoms with Crippen molar-refractivity contribution in [2.24, 2.45) is 0 Å². The Morgan fingerprint density at radius 1 is 1.50 bits per heavy atom. The summed E-state index contributed by atoms with van der Waals surface area (Å²) in [6.07, 6.45) is 5.47. The van der Waals surface area contributed by atoms with Gasteiger partial charge in [0.25, 0.3) is 0 Å². The van der Waals surface area contributed by atoms with Crippen LogP contribution in [0.2, 0.25) is 0 Å². The number of hydrogen-bond donors (Lipinski definition) is 1. The van der Waals surface area contributed by atoms with E-state index in [4.69, 9.17) is 9.72 Å². The van der Waals surface area contributed by atoms with Gasteiger partial charge in [-0.15, -0.1) is 0 Å². The monoisotopic (exact) mass is 276 g/mol. The summed E-state index contributed by atoms with van der Waals surface area (Å²) >= 11 is 0. The molecule has 5 heteroatoms. The van der Waals surface area contributed by atoms with Crippen LogP contribution in [0.25, 0.3) is 0 Å². The summed E-state index contributed by atoms with van der Waals surface area (Å²) in [6.45, 7) is 5.95. The van der Waals surface area contributed by atoms with Gasteiger partial charge >= 0.3 is 0 Å². The number of nitrogens with one attached hydrogen (secondary N) is 1. The number of morpholine rings is 1. The first-order valence-electron chi connectivity index (χ1n) is 7.68. The summed E-state index contributed by atoms with van der Waals surface area (Å²) in [5, 5.41) is 3.36. The molecule has 110 valence electrons. The molecule has 0 radical (unpaired) electrons. The molecule has 1 aromatic rings. The first kappa shape index (κ1) is 13.9. The van der Waals surface area contributed by atoms with Crippen LogP contribution < -0.4 is 5.32 Å². The molecule has 0 amide bonds. The zero-order valence-electron chi connectivity index (χ0n) is 12.4. The molecular weight excluding hydrogens is 252 g/mol. The summed E-state index contributed by atoms with van der Waals surface area (Å²) in [5.41, 5.74) is 2.48. The van der Waals surface area contributed by atoms with E-state index in [1.165, 1.54) is 24.1 Å². The summed E-state index contributed by atoms with van der Waals surface area (Å²) in [6, 6.07) is 0.409. The molecule has 1 aliphatic heterocycles. The predicted octanol–water partition coefficient (Wildman–Crippen LogP) is 1.47. The Morgan fingerprint density at radius 2 is 2.40 bits per heavy atom. The van der Waals surface area contributed by atoms with Crippen LogP contribution in [0, 0.1) is 0 Å². The van der Waals surface area contributed by atoms with Crippen LogP contribution in [-0.4, -0.2) is 48.2 Å². The largest absolute Gasteiger partial charge is 0.368 e. The lowest BCUT2D eigenvalue weighted by Crippen LogP contribution is -2.38. The fourth-order valence-electron chi connectivity index (χ4n) is 3.16. The minimum absolute atomic E-state index is 0.0314. The van der Waals surface area contributed by atoms with Gasteiger partial charge in [0, 0.05) is 36.6 Å². The first-order valence-corrected chi connectivity index (χ1v) is 7.68. The van der Waals surface area contributed by atoms with Gasteiger partial charge in [0.15, 0.2) is 5.82 Å². The lowest BCUT2D eigenvalue weighted by molar-refractivity contribution is -0.0327. The van der Waals surface area contributed by atoms with E-state index >= 15 is 0 Å². The SMILES string of the molecule is CCN1CCOC(c2ncc3c(n2)CCCC3NC)C1. The highest BCUT2D eigenvalue weighted by Crippen LogP contribution is 2.29. The van der Waals surface area contributed by atoms with Crippen molar-refractivity contribution < 1.29 is 4.74 Å². The minimum atomic E-state index is 0.0314. The second-order valence-electron chi connectivity index (χ2n) is 5.62. The van der Waals surface area contributed by atoms with Crippen molar-refractivity contribution in [3.05, 3.63) is 23.3 Å². The molecular formula is C15H24N4O. The molecule has 3 rings (SSSR count). The molecule has 0 saturated carbocycles. The standard InChI is InChI=1S/C15H24N4O/c1-3-19-7-8-20-14(10-19)15-17-9-11-12(16-2)5-4-6-13(11)18-15/h9,12,14,16H,3-8,10H2,1-2H3. The van der Waals surface area contributed by atoms with Crippen molar-refractivity contribution in [1.82, 2.24) is 20.2 Å². The normalized spacial score (nSPS) is 27.3. The van der Waals surface area contributed by atoms with E-state index in [1.54, 1.807) is 0 Å². The molecule has 1 aliphatic carbocycles. The Labute approximate surface area is 120 Å². The van der Waals surface area contributed by atoms with E-state index in [2.05, 4.69) is 22.1 Å². The molecule has 0 spiro atoms. The van der Waals surface area contributed by atoms with Crippen molar-refractivity contribution in [1.29, 1.82) is 0 Å². The topological polar surface area (TPSA) is 50.3 Å². The van der Waals surface area contributed by atoms with Gasteiger partial charge in [0.05, 0.1) is 6.61 Å². The van der Waals surface area contributed by atoms with Gasteiger partial charge in [0.2, 0.25) is 0 Å². The van der Waals surface area contributed by atoms with Crippen LogP contribution in [-0.2, 0) is 11.2 Å². The minimum Gasteiger partial charge on any atom is -0.368 e. The molecule has 1 N–H and O–H groups in total. The summed E-state index contributed by atoms with van der Waals surface area (Å²) in [7, 11) is 2.01. The van der Waals surface area contributed by atoms with Gasteiger partial charge in [-0.1, -0.05) is 6.92 Å². The molecule has 2 unspecified atom stereocenters. The van der Waals surface area contributed by atoms with E-state index in [-0.39, 0.29) is 6.10 Å². The first-order chi connectivity index (χ1) is 9.81. The fourth-order valence-corrected chi connectivity index (χ4v) is 3.16. The van der Waals surface area contributed by atoms with Crippen molar-refractivity contribution in [2.75, 3.05) is 33.3 Å². The van der Waals surface area contributed by atoms with Crippen LogP contribution >= 0.6 is 0 Å². The van der Waals surface area contributed by atoms with Gasteiger partial charge < -0.3 is 10.1 Å². The summed E-state index contributed by atoms with van der Waals surface area (Å²) in [4.78, 5) is 11.8. The van der Waals surface area contributed by atoms with Gasteiger partial charge in [-0.25, -0.2) is 9.97 Å².